The Balaban J connectivity index is 2.94. The van der Waals surface area contributed by atoms with Gasteiger partial charge >= 0.3 is 11.8 Å². The molecule has 9 heavy (non-hydrogen) atoms. The summed E-state index contributed by atoms with van der Waals surface area (Å²) < 4.78 is 46.8. The second-order valence-corrected chi connectivity index (χ2v) is 2.10. The first-order valence-corrected chi connectivity index (χ1v) is 2.40. The molecule has 0 aliphatic heterocycles. The Kier molecular flexibility index (Phi) is 1.09. The fourth-order valence-electron chi connectivity index (χ4n) is 0.422. The van der Waals surface area contributed by atoms with Crippen molar-refractivity contribution in [3.05, 3.63) is 11.1 Å². The van der Waals surface area contributed by atoms with Crippen molar-refractivity contribution in [1.82, 2.24) is 0 Å². The first-order valence-electron chi connectivity index (χ1n) is 2.02. The van der Waals surface area contributed by atoms with Crippen LogP contribution in [0.1, 0.15) is 0 Å². The first kappa shape index (κ1) is 6.86. The van der Waals surface area contributed by atoms with Crippen molar-refractivity contribution >= 4 is 11.6 Å². The van der Waals surface area contributed by atoms with Crippen LogP contribution in [0, 0.1) is 0 Å². The Morgan fingerprint density at radius 3 is 1.67 bits per heavy atom. The van der Waals surface area contributed by atoms with E-state index in [0.29, 0.717) is 0 Å². The standard InChI is InChI=1S/C4HClF4/c5-2-1-3(6,7)4(2,8)9/h1H. The minimum Gasteiger partial charge on any atom is -0.195 e. The molecule has 1 aliphatic rings. The molecule has 1 rings (SSSR count). The second kappa shape index (κ2) is 1.42. The van der Waals surface area contributed by atoms with Crippen molar-refractivity contribution < 1.29 is 17.6 Å². The lowest BCUT2D eigenvalue weighted by molar-refractivity contribution is -0.173. The molecule has 0 aromatic rings. The lowest BCUT2D eigenvalue weighted by Crippen LogP contribution is -2.47. The maximum absolute atomic E-state index is 11.8. The maximum atomic E-state index is 11.8. The third-order valence-electron chi connectivity index (χ3n) is 1.03. The van der Waals surface area contributed by atoms with Crippen LogP contribution in [0.4, 0.5) is 17.6 Å². The summed E-state index contributed by atoms with van der Waals surface area (Å²) >= 11 is 4.66. The van der Waals surface area contributed by atoms with Crippen molar-refractivity contribution in [3.63, 3.8) is 0 Å². The minimum atomic E-state index is -4.13. The summed E-state index contributed by atoms with van der Waals surface area (Å²) in [5.74, 6) is -8.17. The number of allylic oxidation sites excluding steroid dienone is 2. The molecule has 0 saturated heterocycles. The molecule has 0 aromatic heterocycles. The summed E-state index contributed by atoms with van der Waals surface area (Å²) in [6.45, 7) is 0. The zero-order valence-electron chi connectivity index (χ0n) is 3.97. The summed E-state index contributed by atoms with van der Waals surface area (Å²) in [7, 11) is 0. The van der Waals surface area contributed by atoms with Gasteiger partial charge in [-0.1, -0.05) is 11.6 Å². The van der Waals surface area contributed by atoms with Gasteiger partial charge in [-0.3, -0.25) is 0 Å². The van der Waals surface area contributed by atoms with E-state index in [4.69, 9.17) is 0 Å². The van der Waals surface area contributed by atoms with Crippen LogP contribution in [0.5, 0.6) is 0 Å². The van der Waals surface area contributed by atoms with Crippen LogP contribution in [0.3, 0.4) is 0 Å². The molecule has 0 aromatic carbocycles. The van der Waals surface area contributed by atoms with Gasteiger partial charge in [0.25, 0.3) is 0 Å². The predicted molar refractivity (Wildman–Crippen MR) is 23.8 cm³/mol. The molecular formula is C4HClF4. The Morgan fingerprint density at radius 2 is 1.67 bits per heavy atom. The molecule has 0 amide bonds. The highest BCUT2D eigenvalue weighted by Gasteiger charge is 2.65. The van der Waals surface area contributed by atoms with Crippen molar-refractivity contribution in [2.24, 2.45) is 0 Å². The smallest absolute Gasteiger partial charge is 0.195 e. The van der Waals surface area contributed by atoms with E-state index in [9.17, 15) is 17.6 Å². The molecule has 5 heteroatoms. The monoisotopic (exact) mass is 160 g/mol. The number of rotatable bonds is 0. The number of halogens is 5. The van der Waals surface area contributed by atoms with Crippen LogP contribution in [-0.4, -0.2) is 11.8 Å². The topological polar surface area (TPSA) is 0 Å². The molecule has 0 radical (unpaired) electrons. The third-order valence-corrected chi connectivity index (χ3v) is 1.37. The van der Waals surface area contributed by atoms with Crippen LogP contribution in [0.15, 0.2) is 11.1 Å². The molecule has 0 bridgehead atoms. The zero-order chi connectivity index (χ0) is 7.28. The average Bonchev–Trinajstić information content (AvgIpc) is 1.65. The Bertz CT molecular complexity index is 171. The van der Waals surface area contributed by atoms with E-state index in [2.05, 4.69) is 11.6 Å². The molecule has 0 N–H and O–H groups in total. The number of hydrogen-bond acceptors (Lipinski definition) is 0. The van der Waals surface area contributed by atoms with Crippen molar-refractivity contribution in [2.45, 2.75) is 11.8 Å². The molecule has 0 fully saturated rings. The lowest BCUT2D eigenvalue weighted by Gasteiger charge is -2.31. The predicted octanol–water partition coefficient (Wildman–Crippen LogP) is 2.39. The molecule has 0 nitrogen and oxygen atoms in total. The summed E-state index contributed by atoms with van der Waals surface area (Å²) in [6, 6.07) is 0. The van der Waals surface area contributed by atoms with E-state index in [1.807, 2.05) is 0 Å². The fraction of sp³-hybridized carbons (Fsp3) is 0.500. The molecule has 0 heterocycles. The van der Waals surface area contributed by atoms with E-state index < -0.39 is 16.9 Å². The van der Waals surface area contributed by atoms with Crippen LogP contribution in [0.25, 0.3) is 0 Å². The van der Waals surface area contributed by atoms with Gasteiger partial charge in [0.15, 0.2) is 0 Å². The van der Waals surface area contributed by atoms with Gasteiger partial charge in [0.2, 0.25) is 0 Å². The lowest BCUT2D eigenvalue weighted by atomic mass is 10.0. The van der Waals surface area contributed by atoms with Crippen LogP contribution < -0.4 is 0 Å². The summed E-state index contributed by atoms with van der Waals surface area (Å²) in [4.78, 5) is 0. The molecule has 0 spiro atoms. The molecule has 1 aliphatic carbocycles. The van der Waals surface area contributed by atoms with Gasteiger partial charge in [-0.15, -0.1) is 0 Å². The van der Waals surface area contributed by atoms with E-state index >= 15 is 0 Å². The SMILES string of the molecule is FC1(F)C=C(Cl)C1(F)F. The van der Waals surface area contributed by atoms with Gasteiger partial charge in [0.1, 0.15) is 0 Å². The van der Waals surface area contributed by atoms with Gasteiger partial charge in [-0.05, 0) is 0 Å². The normalized spacial score (nSPS) is 28.8. The van der Waals surface area contributed by atoms with Crippen molar-refractivity contribution in [1.29, 1.82) is 0 Å². The molecule has 0 saturated carbocycles. The van der Waals surface area contributed by atoms with Gasteiger partial charge in [0.05, 0.1) is 5.03 Å². The average molecular weight is 160 g/mol. The molecular weight excluding hydrogens is 159 g/mol. The molecule has 52 valence electrons. The number of alkyl halides is 4. The van der Waals surface area contributed by atoms with Crippen LogP contribution in [-0.2, 0) is 0 Å². The van der Waals surface area contributed by atoms with Gasteiger partial charge in [-0.25, -0.2) is 0 Å². The Hall–Kier alpha value is -0.250. The van der Waals surface area contributed by atoms with E-state index in [1.54, 1.807) is 0 Å². The largest absolute Gasteiger partial charge is 0.349 e. The Labute approximate surface area is 53.1 Å². The first-order chi connectivity index (χ1) is 3.88. The van der Waals surface area contributed by atoms with E-state index in [1.165, 1.54) is 0 Å². The van der Waals surface area contributed by atoms with Crippen molar-refractivity contribution in [2.75, 3.05) is 0 Å². The van der Waals surface area contributed by atoms with E-state index in [0.717, 1.165) is 0 Å². The van der Waals surface area contributed by atoms with Gasteiger partial charge in [0, 0.05) is 6.08 Å². The minimum absolute atomic E-state index is 0.0363. The summed E-state index contributed by atoms with van der Waals surface area (Å²) in [5.41, 5.74) is 0. The fourth-order valence-corrected chi connectivity index (χ4v) is 0.685. The van der Waals surface area contributed by atoms with Crippen molar-refractivity contribution in [3.8, 4) is 0 Å². The van der Waals surface area contributed by atoms with E-state index in [-0.39, 0.29) is 6.08 Å². The van der Waals surface area contributed by atoms with Crippen LogP contribution >= 0.6 is 11.6 Å². The highest BCUT2D eigenvalue weighted by Crippen LogP contribution is 2.51. The number of hydrogen-bond donors (Lipinski definition) is 0. The summed E-state index contributed by atoms with van der Waals surface area (Å²) in [6.07, 6.45) is 0.0363. The maximum Gasteiger partial charge on any atom is 0.349 e. The molecule has 0 atom stereocenters. The quantitative estimate of drug-likeness (QED) is 0.478. The second-order valence-electron chi connectivity index (χ2n) is 1.69. The summed E-state index contributed by atoms with van der Waals surface area (Å²) in [5, 5.41) is -1.08. The third kappa shape index (κ3) is 0.657. The Morgan fingerprint density at radius 1 is 1.22 bits per heavy atom. The van der Waals surface area contributed by atoms with Gasteiger partial charge in [-0.2, -0.15) is 17.6 Å². The molecule has 0 unspecified atom stereocenters. The zero-order valence-corrected chi connectivity index (χ0v) is 4.72. The highest BCUT2D eigenvalue weighted by atomic mass is 35.5. The van der Waals surface area contributed by atoms with Gasteiger partial charge < -0.3 is 0 Å². The van der Waals surface area contributed by atoms with Crippen LogP contribution in [0.2, 0.25) is 0 Å². The highest BCUT2D eigenvalue weighted by molar-refractivity contribution is 6.31.